The molecule has 0 aliphatic rings. The molecule has 0 aliphatic carbocycles. The Morgan fingerprint density at radius 3 is 2.75 bits per heavy atom. The number of imidazole rings is 1. The average molecular weight is 221 g/mol. The van der Waals surface area contributed by atoms with Gasteiger partial charge >= 0.3 is 0 Å². The number of nitrogens with one attached hydrogen (secondary N) is 1. The molecular formula is C9H15N7. The van der Waals surface area contributed by atoms with Crippen molar-refractivity contribution in [2.75, 3.05) is 0 Å². The maximum atomic E-state index is 5.51. The molecule has 2 rings (SSSR count). The van der Waals surface area contributed by atoms with Crippen LogP contribution in [0.1, 0.15) is 17.4 Å². The lowest BCUT2D eigenvalue weighted by molar-refractivity contribution is 0.534. The van der Waals surface area contributed by atoms with Crippen molar-refractivity contribution in [1.29, 1.82) is 0 Å². The molecule has 0 saturated carbocycles. The zero-order valence-electron chi connectivity index (χ0n) is 9.33. The number of aromatic nitrogens is 5. The lowest BCUT2D eigenvalue weighted by atomic mass is 10.1. The predicted octanol–water partition coefficient (Wildman–Crippen LogP) is -0.704. The van der Waals surface area contributed by atoms with Crippen LogP contribution in [-0.4, -0.2) is 24.5 Å². The molecule has 7 nitrogen and oxygen atoms in total. The first-order valence-corrected chi connectivity index (χ1v) is 4.98. The van der Waals surface area contributed by atoms with Gasteiger partial charge in [-0.15, -0.1) is 5.10 Å². The molecule has 16 heavy (non-hydrogen) atoms. The Kier molecular flexibility index (Phi) is 2.97. The van der Waals surface area contributed by atoms with Gasteiger partial charge in [0.15, 0.2) is 0 Å². The fraction of sp³-hybridized carbons (Fsp3) is 0.444. The molecule has 7 heteroatoms. The highest BCUT2D eigenvalue weighted by molar-refractivity contribution is 5.08. The summed E-state index contributed by atoms with van der Waals surface area (Å²) in [6.45, 7) is 0. The summed E-state index contributed by atoms with van der Waals surface area (Å²) in [7, 11) is 3.76. The van der Waals surface area contributed by atoms with Crippen molar-refractivity contribution in [1.82, 2.24) is 30.0 Å². The highest BCUT2D eigenvalue weighted by Crippen LogP contribution is 2.13. The second kappa shape index (κ2) is 4.42. The first-order valence-electron chi connectivity index (χ1n) is 4.98. The number of aryl methyl sites for hydroxylation is 2. The fourth-order valence-corrected chi connectivity index (χ4v) is 1.56. The Morgan fingerprint density at radius 1 is 1.44 bits per heavy atom. The van der Waals surface area contributed by atoms with Crippen LogP contribution in [0.15, 0.2) is 18.7 Å². The highest BCUT2D eigenvalue weighted by Gasteiger charge is 2.14. The largest absolute Gasteiger partial charge is 0.340 e. The zero-order chi connectivity index (χ0) is 11.5. The minimum absolute atomic E-state index is 0.0436. The Labute approximate surface area is 93.2 Å². The summed E-state index contributed by atoms with van der Waals surface area (Å²) in [5.74, 6) is 5.51. The van der Waals surface area contributed by atoms with Gasteiger partial charge in [-0.1, -0.05) is 5.21 Å². The van der Waals surface area contributed by atoms with Crippen molar-refractivity contribution in [3.63, 3.8) is 0 Å². The van der Waals surface area contributed by atoms with Gasteiger partial charge in [-0.3, -0.25) is 16.0 Å². The molecule has 2 aromatic heterocycles. The molecule has 3 N–H and O–H groups in total. The van der Waals surface area contributed by atoms with Crippen molar-refractivity contribution >= 4 is 0 Å². The summed E-state index contributed by atoms with van der Waals surface area (Å²) in [6.07, 6.45) is 6.21. The van der Waals surface area contributed by atoms with Crippen molar-refractivity contribution < 1.29 is 0 Å². The number of hydrogen-bond acceptors (Lipinski definition) is 5. The van der Waals surface area contributed by atoms with E-state index in [1.165, 1.54) is 0 Å². The first-order chi connectivity index (χ1) is 7.69. The van der Waals surface area contributed by atoms with Crippen LogP contribution in [0.2, 0.25) is 0 Å². The first kappa shape index (κ1) is 10.8. The summed E-state index contributed by atoms with van der Waals surface area (Å²) in [5.41, 5.74) is 4.52. The van der Waals surface area contributed by atoms with Gasteiger partial charge in [0.1, 0.15) is 0 Å². The van der Waals surface area contributed by atoms with Crippen LogP contribution >= 0.6 is 0 Å². The van der Waals surface area contributed by atoms with E-state index in [0.717, 1.165) is 11.4 Å². The molecule has 0 saturated heterocycles. The Morgan fingerprint density at radius 2 is 2.25 bits per heavy atom. The number of hydrazine groups is 1. The van der Waals surface area contributed by atoms with E-state index in [2.05, 4.69) is 20.7 Å². The highest BCUT2D eigenvalue weighted by atomic mass is 15.4. The number of nitrogens with zero attached hydrogens (tertiary/aromatic N) is 5. The van der Waals surface area contributed by atoms with Crippen LogP contribution in [0.3, 0.4) is 0 Å². The molecular weight excluding hydrogens is 206 g/mol. The molecule has 1 unspecified atom stereocenters. The number of rotatable bonds is 4. The van der Waals surface area contributed by atoms with Crippen LogP contribution in [0.25, 0.3) is 0 Å². The zero-order valence-corrected chi connectivity index (χ0v) is 9.33. The maximum absolute atomic E-state index is 5.51. The Balaban J connectivity index is 2.12. The van der Waals surface area contributed by atoms with Crippen LogP contribution in [-0.2, 0) is 20.5 Å². The predicted molar refractivity (Wildman–Crippen MR) is 58.0 cm³/mol. The van der Waals surface area contributed by atoms with E-state index in [0.29, 0.717) is 6.42 Å². The summed E-state index contributed by atoms with van der Waals surface area (Å²) in [5, 5.41) is 7.89. The normalized spacial score (nSPS) is 12.9. The van der Waals surface area contributed by atoms with Crippen LogP contribution in [0.5, 0.6) is 0 Å². The van der Waals surface area contributed by atoms with E-state index < -0.39 is 0 Å². The van der Waals surface area contributed by atoms with E-state index >= 15 is 0 Å². The van der Waals surface area contributed by atoms with Crippen LogP contribution < -0.4 is 11.3 Å². The quantitative estimate of drug-likeness (QED) is 0.526. The minimum atomic E-state index is -0.0436. The molecule has 0 aromatic carbocycles. The van der Waals surface area contributed by atoms with E-state index in [9.17, 15) is 0 Å². The summed E-state index contributed by atoms with van der Waals surface area (Å²) < 4.78 is 3.55. The summed E-state index contributed by atoms with van der Waals surface area (Å²) in [4.78, 5) is 4.26. The van der Waals surface area contributed by atoms with Gasteiger partial charge in [0.05, 0.1) is 23.8 Å². The van der Waals surface area contributed by atoms with Crippen molar-refractivity contribution in [3.05, 3.63) is 30.1 Å². The van der Waals surface area contributed by atoms with E-state index in [1.54, 1.807) is 11.0 Å². The molecule has 0 radical (unpaired) electrons. The van der Waals surface area contributed by atoms with E-state index in [1.807, 2.05) is 31.1 Å². The monoisotopic (exact) mass is 221 g/mol. The molecule has 0 bridgehead atoms. The van der Waals surface area contributed by atoms with Gasteiger partial charge in [0.25, 0.3) is 0 Å². The van der Waals surface area contributed by atoms with Crippen molar-refractivity contribution in [3.8, 4) is 0 Å². The van der Waals surface area contributed by atoms with Gasteiger partial charge in [-0.25, -0.2) is 4.98 Å². The second-order valence-corrected chi connectivity index (χ2v) is 3.77. The standard InChI is InChI=1S/C9H15N7/c1-15-5-9(11-6-15)8(12-10)3-7-4-16(2)14-13-7/h4-6,8,12H,3,10H2,1-2H3. The van der Waals surface area contributed by atoms with Crippen molar-refractivity contribution in [2.45, 2.75) is 12.5 Å². The molecule has 0 aliphatic heterocycles. The molecule has 2 aromatic rings. The SMILES string of the molecule is Cn1cnc(C(Cc2cn(C)nn2)NN)c1. The topological polar surface area (TPSA) is 86.6 Å². The molecule has 86 valence electrons. The molecule has 0 fully saturated rings. The molecule has 2 heterocycles. The third-order valence-electron chi connectivity index (χ3n) is 2.35. The Bertz CT molecular complexity index is 458. The Hall–Kier alpha value is -1.73. The van der Waals surface area contributed by atoms with Gasteiger partial charge in [-0.2, -0.15) is 0 Å². The molecule has 0 spiro atoms. The third-order valence-corrected chi connectivity index (χ3v) is 2.35. The number of hydrogen-bond donors (Lipinski definition) is 2. The smallest absolute Gasteiger partial charge is 0.0947 e. The minimum Gasteiger partial charge on any atom is -0.340 e. The lowest BCUT2D eigenvalue weighted by Gasteiger charge is -2.10. The van der Waals surface area contributed by atoms with Gasteiger partial charge in [0.2, 0.25) is 0 Å². The van der Waals surface area contributed by atoms with E-state index in [-0.39, 0.29) is 6.04 Å². The molecule has 1 atom stereocenters. The van der Waals surface area contributed by atoms with Gasteiger partial charge in [-0.05, 0) is 0 Å². The van der Waals surface area contributed by atoms with Gasteiger partial charge in [0, 0.05) is 32.9 Å². The summed E-state index contributed by atoms with van der Waals surface area (Å²) >= 11 is 0. The fourth-order valence-electron chi connectivity index (χ4n) is 1.56. The van der Waals surface area contributed by atoms with Crippen LogP contribution in [0.4, 0.5) is 0 Å². The third kappa shape index (κ3) is 2.26. The number of nitrogens with two attached hydrogens (primary N) is 1. The van der Waals surface area contributed by atoms with Crippen molar-refractivity contribution in [2.24, 2.45) is 19.9 Å². The second-order valence-electron chi connectivity index (χ2n) is 3.77. The summed E-state index contributed by atoms with van der Waals surface area (Å²) in [6, 6.07) is -0.0436. The average Bonchev–Trinajstić information content (AvgIpc) is 2.84. The van der Waals surface area contributed by atoms with Crippen LogP contribution in [0, 0.1) is 0 Å². The van der Waals surface area contributed by atoms with E-state index in [4.69, 9.17) is 5.84 Å². The van der Waals surface area contributed by atoms with Gasteiger partial charge < -0.3 is 4.57 Å². The lowest BCUT2D eigenvalue weighted by Crippen LogP contribution is -2.30. The maximum Gasteiger partial charge on any atom is 0.0947 e. The molecule has 0 amide bonds.